The lowest BCUT2D eigenvalue weighted by Crippen LogP contribution is -2.17. The van der Waals surface area contributed by atoms with E-state index in [1.54, 1.807) is 12.4 Å². The Morgan fingerprint density at radius 1 is 1.35 bits per heavy atom. The minimum absolute atomic E-state index is 0.756. The zero-order valence-electron chi connectivity index (χ0n) is 11.7. The summed E-state index contributed by atoms with van der Waals surface area (Å²) in [5.74, 6) is 0.756. The van der Waals surface area contributed by atoms with Crippen molar-refractivity contribution >= 4 is 17.6 Å². The number of fused-ring (bicyclic) bond motifs is 1. The molecule has 102 valence electrons. The maximum Gasteiger partial charge on any atom is 0.156 e. The van der Waals surface area contributed by atoms with Crippen molar-refractivity contribution in [3.8, 4) is 0 Å². The van der Waals surface area contributed by atoms with E-state index in [0.29, 0.717) is 0 Å². The van der Waals surface area contributed by atoms with Gasteiger partial charge in [0.1, 0.15) is 11.5 Å². The molecule has 0 saturated heterocycles. The average molecular weight is 268 g/mol. The number of nitrogens with one attached hydrogen (secondary N) is 2. The summed E-state index contributed by atoms with van der Waals surface area (Å²) in [7, 11) is 1.84. The average Bonchev–Trinajstić information content (AvgIpc) is 2.80. The van der Waals surface area contributed by atoms with Crippen molar-refractivity contribution < 1.29 is 0 Å². The predicted octanol–water partition coefficient (Wildman–Crippen LogP) is 1.38. The lowest BCUT2D eigenvalue weighted by Gasteiger charge is -2.14. The Morgan fingerprint density at radius 3 is 3.00 bits per heavy atom. The molecule has 0 aromatic carbocycles. The molecule has 2 aromatic rings. The van der Waals surface area contributed by atoms with Crippen LogP contribution in [0, 0.1) is 13.8 Å². The number of allylic oxidation sites excluding steroid dienone is 1. The van der Waals surface area contributed by atoms with Gasteiger partial charge in [0, 0.05) is 19.5 Å². The van der Waals surface area contributed by atoms with E-state index in [9.17, 15) is 0 Å². The second-order valence-electron chi connectivity index (χ2n) is 4.66. The first-order valence-electron chi connectivity index (χ1n) is 6.40. The second kappa shape index (κ2) is 4.80. The van der Waals surface area contributed by atoms with Crippen molar-refractivity contribution in [1.82, 2.24) is 25.2 Å². The summed E-state index contributed by atoms with van der Waals surface area (Å²) >= 11 is 0. The fraction of sp³-hybridized carbons (Fsp3) is 0.214. The van der Waals surface area contributed by atoms with Crippen LogP contribution in [0.3, 0.4) is 0 Å². The molecule has 6 nitrogen and oxygen atoms in total. The van der Waals surface area contributed by atoms with Gasteiger partial charge in [0.05, 0.1) is 17.6 Å². The summed E-state index contributed by atoms with van der Waals surface area (Å²) in [4.78, 5) is 8.68. The maximum atomic E-state index is 4.59. The molecule has 0 aliphatic carbocycles. The van der Waals surface area contributed by atoms with E-state index >= 15 is 0 Å². The molecule has 0 unspecified atom stereocenters. The Balaban J connectivity index is 2.04. The topological polar surface area (TPSA) is 66.6 Å². The molecular formula is C14H16N6. The third kappa shape index (κ3) is 2.16. The first-order chi connectivity index (χ1) is 9.67. The van der Waals surface area contributed by atoms with Crippen molar-refractivity contribution in [3.63, 3.8) is 0 Å². The fourth-order valence-corrected chi connectivity index (χ4v) is 2.14. The summed E-state index contributed by atoms with van der Waals surface area (Å²) in [6.45, 7) is 4.00. The van der Waals surface area contributed by atoms with Crippen LogP contribution >= 0.6 is 0 Å². The third-order valence-corrected chi connectivity index (χ3v) is 3.00. The molecule has 3 rings (SSSR count). The molecule has 0 amide bonds. The quantitative estimate of drug-likeness (QED) is 0.863. The standard InChI is InChI=1S/C14H16N6/c1-9-6-12(19-20-8-10(2)17-14(9)20)11-4-5-16-13(18-11)7-15-3/h4-8,15,18H,1-3H3/b13-7+. The number of hydrogen-bond acceptors (Lipinski definition) is 5. The van der Waals surface area contributed by atoms with E-state index in [0.717, 1.165) is 34.1 Å². The van der Waals surface area contributed by atoms with Gasteiger partial charge in [0.25, 0.3) is 0 Å². The van der Waals surface area contributed by atoms with Gasteiger partial charge in [-0.25, -0.2) is 14.5 Å². The summed E-state index contributed by atoms with van der Waals surface area (Å²) in [6, 6.07) is 2.02. The van der Waals surface area contributed by atoms with Crippen molar-refractivity contribution in [2.75, 3.05) is 7.05 Å². The van der Waals surface area contributed by atoms with Gasteiger partial charge >= 0.3 is 0 Å². The van der Waals surface area contributed by atoms with E-state index in [-0.39, 0.29) is 0 Å². The van der Waals surface area contributed by atoms with Crippen LogP contribution in [0.15, 0.2) is 35.4 Å². The summed E-state index contributed by atoms with van der Waals surface area (Å²) in [5.41, 5.74) is 4.72. The SMILES string of the molecule is CN/C=C1\N=CC=C(c2cc(C)c3nc(C)cn3n2)N1. The number of aromatic nitrogens is 3. The molecule has 6 heteroatoms. The molecule has 1 aliphatic heterocycles. The van der Waals surface area contributed by atoms with Crippen LogP contribution in [0.5, 0.6) is 0 Å². The van der Waals surface area contributed by atoms with Gasteiger partial charge in [-0.3, -0.25) is 0 Å². The van der Waals surface area contributed by atoms with E-state index in [1.165, 1.54) is 0 Å². The molecular weight excluding hydrogens is 252 g/mol. The predicted molar refractivity (Wildman–Crippen MR) is 79.2 cm³/mol. The Kier molecular flexibility index (Phi) is 2.98. The highest BCUT2D eigenvalue weighted by Gasteiger charge is 2.11. The van der Waals surface area contributed by atoms with Crippen molar-refractivity contribution in [1.29, 1.82) is 0 Å². The van der Waals surface area contributed by atoms with Gasteiger partial charge < -0.3 is 10.6 Å². The Labute approximate surface area is 116 Å². The molecule has 2 aromatic heterocycles. The van der Waals surface area contributed by atoms with E-state index in [1.807, 2.05) is 43.7 Å². The number of rotatable bonds is 2. The number of hydrogen-bond donors (Lipinski definition) is 2. The molecule has 0 bridgehead atoms. The normalized spacial score (nSPS) is 16.4. The smallest absolute Gasteiger partial charge is 0.156 e. The highest BCUT2D eigenvalue weighted by molar-refractivity contribution is 5.86. The van der Waals surface area contributed by atoms with Crippen LogP contribution in [-0.2, 0) is 0 Å². The molecule has 2 N–H and O–H groups in total. The number of imidazole rings is 1. The minimum atomic E-state index is 0.756. The molecule has 1 aliphatic rings. The van der Waals surface area contributed by atoms with Crippen molar-refractivity contribution in [2.45, 2.75) is 13.8 Å². The zero-order valence-corrected chi connectivity index (χ0v) is 11.7. The van der Waals surface area contributed by atoms with Crippen LogP contribution in [0.25, 0.3) is 11.3 Å². The van der Waals surface area contributed by atoms with E-state index < -0.39 is 0 Å². The maximum absolute atomic E-state index is 4.59. The lowest BCUT2D eigenvalue weighted by atomic mass is 10.2. The summed E-state index contributed by atoms with van der Waals surface area (Å²) < 4.78 is 1.82. The van der Waals surface area contributed by atoms with Gasteiger partial charge in [0.2, 0.25) is 0 Å². The van der Waals surface area contributed by atoms with Gasteiger partial charge in [-0.05, 0) is 31.6 Å². The van der Waals surface area contributed by atoms with Gasteiger partial charge in [0.15, 0.2) is 5.65 Å². The fourth-order valence-electron chi connectivity index (χ4n) is 2.14. The Bertz CT molecular complexity index is 750. The first kappa shape index (κ1) is 12.4. The molecule has 0 radical (unpaired) electrons. The number of aliphatic imine (C=N–C) groups is 1. The number of nitrogens with zero attached hydrogens (tertiary/aromatic N) is 4. The van der Waals surface area contributed by atoms with Gasteiger partial charge in [-0.1, -0.05) is 0 Å². The molecule has 0 atom stereocenters. The largest absolute Gasteiger partial charge is 0.391 e. The van der Waals surface area contributed by atoms with Crippen LogP contribution < -0.4 is 10.6 Å². The Hall–Kier alpha value is -2.63. The third-order valence-electron chi connectivity index (χ3n) is 3.00. The van der Waals surface area contributed by atoms with Crippen molar-refractivity contribution in [2.24, 2.45) is 4.99 Å². The number of aryl methyl sites for hydroxylation is 2. The molecule has 0 fully saturated rings. The Morgan fingerprint density at radius 2 is 2.20 bits per heavy atom. The molecule has 3 heterocycles. The van der Waals surface area contributed by atoms with Crippen LogP contribution in [0.2, 0.25) is 0 Å². The molecule has 20 heavy (non-hydrogen) atoms. The zero-order chi connectivity index (χ0) is 14.1. The van der Waals surface area contributed by atoms with E-state index in [2.05, 4.69) is 25.7 Å². The monoisotopic (exact) mass is 268 g/mol. The minimum Gasteiger partial charge on any atom is -0.391 e. The second-order valence-corrected chi connectivity index (χ2v) is 4.66. The highest BCUT2D eigenvalue weighted by atomic mass is 15.3. The van der Waals surface area contributed by atoms with E-state index in [4.69, 9.17) is 0 Å². The van der Waals surface area contributed by atoms with Crippen molar-refractivity contribution in [3.05, 3.63) is 47.3 Å². The first-order valence-corrected chi connectivity index (χ1v) is 6.40. The molecule has 0 saturated carbocycles. The van der Waals surface area contributed by atoms with Gasteiger partial charge in [-0.2, -0.15) is 5.10 Å². The summed E-state index contributed by atoms with van der Waals surface area (Å²) in [6.07, 6.45) is 7.39. The van der Waals surface area contributed by atoms with Crippen LogP contribution in [0.4, 0.5) is 0 Å². The highest BCUT2D eigenvalue weighted by Crippen LogP contribution is 2.17. The summed E-state index contributed by atoms with van der Waals surface area (Å²) in [5, 5.41) is 10.8. The van der Waals surface area contributed by atoms with Crippen LogP contribution in [-0.4, -0.2) is 27.9 Å². The van der Waals surface area contributed by atoms with Crippen LogP contribution in [0.1, 0.15) is 17.0 Å². The molecule has 0 spiro atoms. The van der Waals surface area contributed by atoms with Gasteiger partial charge in [-0.15, -0.1) is 0 Å². The lowest BCUT2D eigenvalue weighted by molar-refractivity contribution is 0.890.